The number of benzene rings is 2. The minimum Gasteiger partial charge on any atom is -0.348 e. The molecule has 1 atom stereocenters. The largest absolute Gasteiger partial charge is 0.348 e. The highest BCUT2D eigenvalue weighted by molar-refractivity contribution is 6.35. The standard InChI is InChI=1S/C18H19FN2O2/c1-13(15-5-3-2-4-6-15)21-18(23)17(22)20-12-11-14-7-9-16(19)10-8-14/h2-10,13H,11-12H2,1H3,(H,20,22)(H,21,23)/t13-/m0/s1. The Morgan fingerprint density at radius 3 is 2.30 bits per heavy atom. The summed E-state index contributed by atoms with van der Waals surface area (Å²) in [5, 5.41) is 5.21. The SMILES string of the molecule is C[C@H](NC(=O)C(=O)NCCc1ccc(F)cc1)c1ccccc1. The third-order valence-electron chi connectivity index (χ3n) is 3.47. The maximum Gasteiger partial charge on any atom is 0.309 e. The second-order valence-corrected chi connectivity index (χ2v) is 5.24. The van der Waals surface area contributed by atoms with E-state index in [2.05, 4.69) is 10.6 Å². The van der Waals surface area contributed by atoms with Crippen molar-refractivity contribution in [1.29, 1.82) is 0 Å². The molecule has 2 rings (SSSR count). The van der Waals surface area contributed by atoms with Crippen molar-refractivity contribution in [3.8, 4) is 0 Å². The molecular formula is C18H19FN2O2. The van der Waals surface area contributed by atoms with Crippen LogP contribution in [0.25, 0.3) is 0 Å². The number of nitrogens with one attached hydrogen (secondary N) is 2. The van der Waals surface area contributed by atoms with E-state index in [1.165, 1.54) is 12.1 Å². The van der Waals surface area contributed by atoms with E-state index in [4.69, 9.17) is 0 Å². The second-order valence-electron chi connectivity index (χ2n) is 5.24. The molecule has 23 heavy (non-hydrogen) atoms. The molecule has 4 nitrogen and oxygen atoms in total. The summed E-state index contributed by atoms with van der Waals surface area (Å²) in [6.45, 7) is 2.14. The Morgan fingerprint density at radius 2 is 1.65 bits per heavy atom. The molecule has 2 N–H and O–H groups in total. The fourth-order valence-corrected chi connectivity index (χ4v) is 2.14. The molecule has 0 unspecified atom stereocenters. The summed E-state index contributed by atoms with van der Waals surface area (Å²) >= 11 is 0. The average Bonchev–Trinajstić information content (AvgIpc) is 2.57. The monoisotopic (exact) mass is 314 g/mol. The smallest absolute Gasteiger partial charge is 0.309 e. The van der Waals surface area contributed by atoms with Gasteiger partial charge in [0, 0.05) is 6.54 Å². The molecule has 2 amide bonds. The van der Waals surface area contributed by atoms with Gasteiger partial charge < -0.3 is 10.6 Å². The van der Waals surface area contributed by atoms with Crippen molar-refractivity contribution in [2.45, 2.75) is 19.4 Å². The number of hydrogen-bond acceptors (Lipinski definition) is 2. The Bertz CT molecular complexity index is 656. The van der Waals surface area contributed by atoms with Gasteiger partial charge in [0.05, 0.1) is 6.04 Å². The van der Waals surface area contributed by atoms with Gasteiger partial charge >= 0.3 is 11.8 Å². The normalized spacial score (nSPS) is 11.6. The molecule has 0 aliphatic heterocycles. The van der Waals surface area contributed by atoms with E-state index in [9.17, 15) is 14.0 Å². The van der Waals surface area contributed by atoms with Gasteiger partial charge in [0.1, 0.15) is 5.82 Å². The molecule has 5 heteroatoms. The Kier molecular flexibility index (Phi) is 5.86. The van der Waals surface area contributed by atoms with Gasteiger partial charge in [-0.15, -0.1) is 0 Å². The predicted molar refractivity (Wildman–Crippen MR) is 86.1 cm³/mol. The Morgan fingerprint density at radius 1 is 1.00 bits per heavy atom. The van der Waals surface area contributed by atoms with Crippen LogP contribution in [-0.4, -0.2) is 18.4 Å². The van der Waals surface area contributed by atoms with Gasteiger partial charge in [0.2, 0.25) is 0 Å². The minimum atomic E-state index is -0.671. The zero-order valence-corrected chi connectivity index (χ0v) is 12.9. The second kappa shape index (κ2) is 8.08. The van der Waals surface area contributed by atoms with Crippen molar-refractivity contribution < 1.29 is 14.0 Å². The van der Waals surface area contributed by atoms with Crippen LogP contribution in [0.4, 0.5) is 4.39 Å². The fraction of sp³-hybridized carbons (Fsp3) is 0.222. The van der Waals surface area contributed by atoms with Crippen LogP contribution in [-0.2, 0) is 16.0 Å². The third kappa shape index (κ3) is 5.21. The quantitative estimate of drug-likeness (QED) is 0.832. The van der Waals surface area contributed by atoms with E-state index in [1.54, 1.807) is 12.1 Å². The lowest BCUT2D eigenvalue weighted by Crippen LogP contribution is -2.41. The van der Waals surface area contributed by atoms with Gasteiger partial charge in [0.25, 0.3) is 0 Å². The zero-order valence-electron chi connectivity index (χ0n) is 12.9. The number of rotatable bonds is 5. The first-order valence-electron chi connectivity index (χ1n) is 7.44. The van der Waals surface area contributed by atoms with Gasteiger partial charge in [-0.05, 0) is 36.6 Å². The van der Waals surface area contributed by atoms with Crippen LogP contribution in [0.15, 0.2) is 54.6 Å². The summed E-state index contributed by atoms with van der Waals surface area (Å²) in [6.07, 6.45) is 0.535. The van der Waals surface area contributed by atoms with Crippen molar-refractivity contribution in [1.82, 2.24) is 10.6 Å². The maximum atomic E-state index is 12.8. The van der Waals surface area contributed by atoms with E-state index in [0.29, 0.717) is 13.0 Å². The Balaban J connectivity index is 1.76. The Labute approximate surface area is 134 Å². The van der Waals surface area contributed by atoms with Crippen molar-refractivity contribution >= 4 is 11.8 Å². The van der Waals surface area contributed by atoms with E-state index in [0.717, 1.165) is 11.1 Å². The average molecular weight is 314 g/mol. The molecule has 2 aromatic carbocycles. The summed E-state index contributed by atoms with van der Waals surface area (Å²) in [6, 6.07) is 15.2. The molecule has 0 bridgehead atoms. The van der Waals surface area contributed by atoms with Crippen LogP contribution >= 0.6 is 0 Å². The van der Waals surface area contributed by atoms with E-state index in [-0.39, 0.29) is 11.9 Å². The van der Waals surface area contributed by atoms with E-state index in [1.807, 2.05) is 37.3 Å². The van der Waals surface area contributed by atoms with Crippen LogP contribution in [0.3, 0.4) is 0 Å². The van der Waals surface area contributed by atoms with E-state index >= 15 is 0 Å². The molecule has 2 aromatic rings. The lowest BCUT2D eigenvalue weighted by atomic mass is 10.1. The van der Waals surface area contributed by atoms with Crippen molar-refractivity contribution in [3.05, 3.63) is 71.5 Å². The number of hydrogen-bond donors (Lipinski definition) is 2. The molecule has 0 radical (unpaired) electrons. The van der Waals surface area contributed by atoms with Gasteiger partial charge in [-0.2, -0.15) is 0 Å². The van der Waals surface area contributed by atoms with Crippen molar-refractivity contribution in [3.63, 3.8) is 0 Å². The Hall–Kier alpha value is -2.69. The summed E-state index contributed by atoms with van der Waals surface area (Å²) in [7, 11) is 0. The van der Waals surface area contributed by atoms with Gasteiger partial charge in [-0.25, -0.2) is 4.39 Å². The molecule has 0 heterocycles. The lowest BCUT2D eigenvalue weighted by Gasteiger charge is -2.14. The molecule has 0 spiro atoms. The molecule has 0 aromatic heterocycles. The number of carbonyl (C=O) groups excluding carboxylic acids is 2. The van der Waals surface area contributed by atoms with Gasteiger partial charge in [-0.1, -0.05) is 42.5 Å². The number of amides is 2. The van der Waals surface area contributed by atoms with Crippen molar-refractivity contribution in [2.75, 3.05) is 6.54 Å². The van der Waals surface area contributed by atoms with E-state index < -0.39 is 11.8 Å². The number of carbonyl (C=O) groups is 2. The molecule has 120 valence electrons. The molecule has 0 saturated heterocycles. The van der Waals surface area contributed by atoms with Crippen molar-refractivity contribution in [2.24, 2.45) is 0 Å². The summed E-state index contributed by atoms with van der Waals surface area (Å²) in [5.41, 5.74) is 1.82. The van der Waals surface area contributed by atoms with Crippen LogP contribution in [0.2, 0.25) is 0 Å². The minimum absolute atomic E-state index is 0.244. The summed E-state index contributed by atoms with van der Waals surface area (Å²) in [5.74, 6) is -1.64. The zero-order chi connectivity index (χ0) is 16.7. The first kappa shape index (κ1) is 16.7. The van der Waals surface area contributed by atoms with Gasteiger partial charge in [0.15, 0.2) is 0 Å². The summed E-state index contributed by atoms with van der Waals surface area (Å²) in [4.78, 5) is 23.6. The van der Waals surface area contributed by atoms with Crippen LogP contribution in [0.5, 0.6) is 0 Å². The fourth-order valence-electron chi connectivity index (χ4n) is 2.14. The van der Waals surface area contributed by atoms with Crippen LogP contribution in [0, 0.1) is 5.82 Å². The third-order valence-corrected chi connectivity index (χ3v) is 3.47. The highest BCUT2D eigenvalue weighted by Gasteiger charge is 2.16. The topological polar surface area (TPSA) is 58.2 Å². The highest BCUT2D eigenvalue weighted by Crippen LogP contribution is 2.10. The number of halogens is 1. The molecular weight excluding hydrogens is 295 g/mol. The molecule has 0 saturated carbocycles. The summed E-state index contributed by atoms with van der Waals surface area (Å²) < 4.78 is 12.8. The highest BCUT2D eigenvalue weighted by atomic mass is 19.1. The van der Waals surface area contributed by atoms with Gasteiger partial charge in [-0.3, -0.25) is 9.59 Å². The first-order chi connectivity index (χ1) is 11.1. The molecule has 0 fully saturated rings. The first-order valence-corrected chi connectivity index (χ1v) is 7.44. The van der Waals surface area contributed by atoms with Crippen LogP contribution < -0.4 is 10.6 Å². The predicted octanol–water partition coefficient (Wildman–Crippen LogP) is 2.36. The maximum absolute atomic E-state index is 12.8. The molecule has 0 aliphatic rings. The lowest BCUT2D eigenvalue weighted by molar-refractivity contribution is -0.139. The van der Waals surface area contributed by atoms with Crippen LogP contribution in [0.1, 0.15) is 24.1 Å². The molecule has 0 aliphatic carbocycles.